The van der Waals surface area contributed by atoms with Crippen LogP contribution in [0.3, 0.4) is 0 Å². The molecule has 0 bridgehead atoms. The van der Waals surface area contributed by atoms with Crippen LogP contribution in [0.25, 0.3) is 10.4 Å². The Labute approximate surface area is 251 Å². The van der Waals surface area contributed by atoms with E-state index >= 15 is 0 Å². The molecule has 41 heavy (non-hydrogen) atoms. The summed E-state index contributed by atoms with van der Waals surface area (Å²) in [6.07, 6.45) is 6.88. The van der Waals surface area contributed by atoms with E-state index in [-0.39, 0.29) is 5.91 Å². The number of hydrogen-bond acceptors (Lipinski definition) is 9. The Kier molecular flexibility index (Phi) is 9.53. The van der Waals surface area contributed by atoms with Gasteiger partial charge in [0.15, 0.2) is 5.82 Å². The summed E-state index contributed by atoms with van der Waals surface area (Å²) in [7, 11) is 3.40. The van der Waals surface area contributed by atoms with E-state index in [0.717, 1.165) is 94.4 Å². The fourth-order valence-electron chi connectivity index (χ4n) is 5.69. The van der Waals surface area contributed by atoms with Crippen molar-refractivity contribution in [1.29, 1.82) is 0 Å². The minimum absolute atomic E-state index is 0.187. The van der Waals surface area contributed by atoms with Gasteiger partial charge in [-0.3, -0.25) is 19.0 Å². The third kappa shape index (κ3) is 6.11. The maximum atomic E-state index is 13.7. The van der Waals surface area contributed by atoms with Crippen molar-refractivity contribution in [2.75, 3.05) is 25.3 Å². The van der Waals surface area contributed by atoms with Gasteiger partial charge in [-0.2, -0.15) is 0 Å². The Morgan fingerprint density at radius 2 is 1.98 bits per heavy atom. The second kappa shape index (κ2) is 13.1. The highest BCUT2D eigenvalue weighted by Crippen LogP contribution is 2.43. The molecule has 1 spiro atoms. The highest BCUT2D eigenvalue weighted by Gasteiger charge is 2.49. The lowest BCUT2D eigenvalue weighted by molar-refractivity contribution is -0.131. The number of hydrogen-bond donors (Lipinski definition) is 0. The molecule has 2 aliphatic rings. The second-order valence-corrected chi connectivity index (χ2v) is 12.9. The third-order valence-electron chi connectivity index (χ3n) is 7.99. The summed E-state index contributed by atoms with van der Waals surface area (Å²) in [5, 5.41) is 6.38. The number of nitrogens with zero attached hydrogens (tertiary/aromatic N) is 4. The van der Waals surface area contributed by atoms with Crippen molar-refractivity contribution in [2.45, 2.75) is 89.3 Å². The first-order valence-electron chi connectivity index (χ1n) is 14.4. The molecule has 3 heterocycles. The van der Waals surface area contributed by atoms with E-state index in [1.165, 1.54) is 0 Å². The first-order chi connectivity index (χ1) is 19.9. The van der Waals surface area contributed by atoms with Gasteiger partial charge < -0.3 is 14.0 Å². The number of thiophene rings is 1. The van der Waals surface area contributed by atoms with Crippen LogP contribution in [0.15, 0.2) is 44.1 Å². The van der Waals surface area contributed by atoms with E-state index < -0.39 is 5.54 Å². The number of unbranched alkanes of at least 4 members (excludes halogenated alkanes) is 1. The van der Waals surface area contributed by atoms with Crippen LogP contribution in [-0.2, 0) is 27.4 Å². The van der Waals surface area contributed by atoms with Crippen LogP contribution in [0, 0.1) is 13.8 Å². The Morgan fingerprint density at radius 3 is 2.66 bits per heavy atom. The van der Waals surface area contributed by atoms with E-state index in [1.807, 2.05) is 23.1 Å². The Balaban J connectivity index is 1.42. The van der Waals surface area contributed by atoms with Crippen molar-refractivity contribution >= 4 is 40.8 Å². The molecule has 10 heteroatoms. The first kappa shape index (κ1) is 29.8. The number of ether oxygens (including phenoxy) is 2. The monoisotopic (exact) mass is 596 g/mol. The van der Waals surface area contributed by atoms with E-state index in [9.17, 15) is 4.79 Å². The molecular formula is C31H40N4O4S2. The zero-order valence-electron chi connectivity index (χ0n) is 24.7. The number of carbonyl (C=O) groups is 1. The zero-order chi connectivity index (χ0) is 29.0. The van der Waals surface area contributed by atoms with Gasteiger partial charge in [-0.1, -0.05) is 49.5 Å². The van der Waals surface area contributed by atoms with Crippen LogP contribution in [0.5, 0.6) is 0 Å². The molecule has 0 saturated heterocycles. The Bertz CT molecular complexity index is 1390. The van der Waals surface area contributed by atoms with Gasteiger partial charge in [-0.25, -0.2) is 0 Å². The molecule has 0 unspecified atom stereocenters. The smallest absolute Gasteiger partial charge is 0.256 e. The molecule has 1 amide bonds. The number of aliphatic imine (C=N–C) groups is 1. The van der Waals surface area contributed by atoms with E-state index in [2.05, 4.69) is 41.7 Å². The summed E-state index contributed by atoms with van der Waals surface area (Å²) < 4.78 is 18.6. The summed E-state index contributed by atoms with van der Waals surface area (Å²) in [6.45, 7) is 7.48. The maximum absolute atomic E-state index is 13.7. The molecule has 5 rings (SSSR count). The maximum Gasteiger partial charge on any atom is 0.256 e. The fraction of sp³-hybridized carbons (Fsp3) is 0.516. The van der Waals surface area contributed by atoms with Gasteiger partial charge >= 0.3 is 0 Å². The van der Waals surface area contributed by atoms with Gasteiger partial charge in [-0.15, -0.1) is 11.3 Å². The minimum atomic E-state index is -0.518. The largest absolute Gasteiger partial charge is 0.380 e. The summed E-state index contributed by atoms with van der Waals surface area (Å²) >= 11 is 3.28. The molecule has 1 aromatic carbocycles. The van der Waals surface area contributed by atoms with Crippen LogP contribution < -0.4 is 4.31 Å². The molecule has 2 aromatic heterocycles. The van der Waals surface area contributed by atoms with Crippen molar-refractivity contribution in [2.24, 2.45) is 4.99 Å². The van der Waals surface area contributed by atoms with Gasteiger partial charge in [-0.05, 0) is 73.2 Å². The Morgan fingerprint density at radius 1 is 1.17 bits per heavy atom. The van der Waals surface area contributed by atoms with E-state index in [4.69, 9.17) is 19.0 Å². The van der Waals surface area contributed by atoms with Crippen LogP contribution in [-0.4, -0.2) is 48.3 Å². The molecule has 0 N–H and O–H groups in total. The first-order valence-corrected chi connectivity index (χ1v) is 16.0. The average molecular weight is 597 g/mol. The molecule has 220 valence electrons. The molecule has 0 radical (unpaired) electrons. The Hall–Kier alpha value is -2.66. The van der Waals surface area contributed by atoms with Crippen LogP contribution in [0.1, 0.15) is 74.3 Å². The van der Waals surface area contributed by atoms with Crippen molar-refractivity contribution in [3.63, 3.8) is 0 Å². The van der Waals surface area contributed by atoms with Crippen LogP contribution in [0.2, 0.25) is 0 Å². The highest BCUT2D eigenvalue weighted by molar-refractivity contribution is 8.01. The quantitative estimate of drug-likeness (QED) is 0.149. The fourth-order valence-corrected chi connectivity index (χ4v) is 7.86. The predicted octanol–water partition coefficient (Wildman–Crippen LogP) is 7.53. The topological polar surface area (TPSA) is 80.4 Å². The van der Waals surface area contributed by atoms with Crippen LogP contribution in [0.4, 0.5) is 5.82 Å². The molecule has 1 saturated carbocycles. The predicted molar refractivity (Wildman–Crippen MR) is 165 cm³/mol. The number of rotatable bonds is 13. The second-order valence-electron chi connectivity index (χ2n) is 10.9. The number of methoxy groups -OCH3 is 2. The van der Waals surface area contributed by atoms with Gasteiger partial charge in [0.05, 0.1) is 13.2 Å². The van der Waals surface area contributed by atoms with Gasteiger partial charge in [0.25, 0.3) is 5.91 Å². The number of aryl methyl sites for hydroxylation is 1. The summed E-state index contributed by atoms with van der Waals surface area (Å²) in [4.78, 5) is 22.9. The van der Waals surface area contributed by atoms with Crippen molar-refractivity contribution < 1.29 is 18.8 Å². The molecule has 8 nitrogen and oxygen atoms in total. The highest BCUT2D eigenvalue weighted by atomic mass is 32.2. The van der Waals surface area contributed by atoms with Gasteiger partial charge in [0, 0.05) is 36.0 Å². The number of amidine groups is 1. The van der Waals surface area contributed by atoms with Crippen molar-refractivity contribution in [3.05, 3.63) is 52.1 Å². The molecule has 1 fully saturated rings. The standard InChI is InChI=1S/C31H40N4O4S2/c1-6-7-10-27-32-31(14-8-9-15-31)30(36)34(27)18-23-11-12-25(24(17-23)19-37-4)28-26(13-16-40-28)41-35(20-38-5)29-21(2)22(3)39-33-29/h11-13,16-17H,6-10,14-15,18-20H2,1-5H3. The van der Waals surface area contributed by atoms with Gasteiger partial charge in [0.1, 0.15) is 23.9 Å². The number of aromatic nitrogens is 1. The normalized spacial score (nSPS) is 16.3. The van der Waals surface area contributed by atoms with E-state index in [1.54, 1.807) is 37.5 Å². The number of anilines is 1. The molecule has 1 aliphatic heterocycles. The minimum Gasteiger partial charge on any atom is -0.380 e. The molecule has 0 atom stereocenters. The number of carbonyl (C=O) groups excluding carboxylic acids is 1. The number of benzene rings is 1. The molecule has 1 aliphatic carbocycles. The lowest BCUT2D eigenvalue weighted by Crippen LogP contribution is -2.40. The summed E-state index contributed by atoms with van der Waals surface area (Å²) in [5.74, 6) is 2.70. The zero-order valence-corrected chi connectivity index (χ0v) is 26.3. The van der Waals surface area contributed by atoms with Crippen molar-refractivity contribution in [1.82, 2.24) is 10.1 Å². The van der Waals surface area contributed by atoms with Gasteiger partial charge in [0.2, 0.25) is 0 Å². The lowest BCUT2D eigenvalue weighted by atomic mass is 9.97. The van der Waals surface area contributed by atoms with Crippen LogP contribution >= 0.6 is 23.3 Å². The summed E-state index contributed by atoms with van der Waals surface area (Å²) in [6, 6.07) is 8.63. The van der Waals surface area contributed by atoms with Crippen molar-refractivity contribution in [3.8, 4) is 10.4 Å². The summed E-state index contributed by atoms with van der Waals surface area (Å²) in [5.41, 5.74) is 3.78. The molecular weight excluding hydrogens is 556 g/mol. The lowest BCUT2D eigenvalue weighted by Gasteiger charge is -2.23. The average Bonchev–Trinajstić information content (AvgIpc) is 3.75. The SMILES string of the molecule is CCCCC1=NC2(CCCC2)C(=O)N1Cc1ccc(-c2sccc2SN(COC)c2noc(C)c2C)c(COC)c1. The molecule has 3 aromatic rings. The third-order valence-corrected chi connectivity index (χ3v) is 10.1. The van der Waals surface area contributed by atoms with E-state index in [0.29, 0.717) is 19.9 Å². The number of amides is 1.